The molecule has 0 unspecified atom stereocenters. The number of hydrogen-bond acceptors (Lipinski definition) is 5. The lowest BCUT2D eigenvalue weighted by atomic mass is 10.1. The van der Waals surface area contributed by atoms with Crippen molar-refractivity contribution in [2.24, 2.45) is 12.8 Å². The zero-order valence-electron chi connectivity index (χ0n) is 13.6. The first-order valence-electron chi connectivity index (χ1n) is 8.01. The zero-order chi connectivity index (χ0) is 17.1. The Bertz CT molecular complexity index is 731. The fourth-order valence-corrected chi connectivity index (χ4v) is 3.29. The number of anilines is 2. The summed E-state index contributed by atoms with van der Waals surface area (Å²) in [4.78, 5) is 18.9. The van der Waals surface area contributed by atoms with E-state index in [2.05, 4.69) is 36.2 Å². The Morgan fingerprint density at radius 3 is 3.00 bits per heavy atom. The van der Waals surface area contributed by atoms with Crippen LogP contribution >= 0.6 is 15.9 Å². The number of amides is 1. The highest BCUT2D eigenvalue weighted by molar-refractivity contribution is 9.10. The molecule has 1 aliphatic heterocycles. The Hall–Kier alpha value is -1.93. The molecular formula is C16H21BrN6O. The van der Waals surface area contributed by atoms with E-state index in [0.717, 1.165) is 38.2 Å². The number of pyridine rings is 1. The number of carbonyl (C=O) groups is 1. The van der Waals surface area contributed by atoms with Gasteiger partial charge in [-0.05, 0) is 47.3 Å². The number of nitrogens with zero attached hydrogens (tertiary/aromatic N) is 4. The molecule has 1 saturated heterocycles. The lowest BCUT2D eigenvalue weighted by Gasteiger charge is -2.24. The van der Waals surface area contributed by atoms with Gasteiger partial charge in [-0.1, -0.05) is 6.07 Å². The second kappa shape index (κ2) is 7.31. The molecule has 1 aliphatic rings. The van der Waals surface area contributed by atoms with E-state index in [9.17, 15) is 4.79 Å². The average molecular weight is 393 g/mol. The minimum atomic E-state index is -0.253. The molecule has 2 aromatic heterocycles. The number of aromatic nitrogens is 3. The lowest BCUT2D eigenvalue weighted by molar-refractivity contribution is 0.102. The summed E-state index contributed by atoms with van der Waals surface area (Å²) in [7, 11) is 1.88. The standard InChI is InChI=1S/C16H21BrN6O/c1-22-16(23-8-3-4-11(18)7-9-23)13(10-19-22)21-15(24)12-5-2-6-14(17)20-12/h2,5-6,10-11H,3-4,7-9,18H2,1H3,(H,21,24)/t11-/m1/s1. The van der Waals surface area contributed by atoms with Crippen LogP contribution in [-0.4, -0.2) is 39.8 Å². The van der Waals surface area contributed by atoms with E-state index in [0.29, 0.717) is 16.0 Å². The van der Waals surface area contributed by atoms with Gasteiger partial charge in [-0.2, -0.15) is 5.10 Å². The SMILES string of the molecule is Cn1ncc(NC(=O)c2cccc(Br)n2)c1N1CCC[C@@H](N)CC1. The molecule has 3 rings (SSSR count). The summed E-state index contributed by atoms with van der Waals surface area (Å²) in [5.41, 5.74) is 7.12. The summed E-state index contributed by atoms with van der Waals surface area (Å²) in [5.74, 6) is 0.657. The van der Waals surface area contributed by atoms with Crippen LogP contribution in [0.25, 0.3) is 0 Å². The molecule has 2 aromatic rings. The smallest absolute Gasteiger partial charge is 0.274 e. The van der Waals surface area contributed by atoms with E-state index in [1.54, 1.807) is 29.1 Å². The average Bonchev–Trinajstić information content (AvgIpc) is 2.77. The molecule has 128 valence electrons. The van der Waals surface area contributed by atoms with Crippen LogP contribution in [0.5, 0.6) is 0 Å². The van der Waals surface area contributed by atoms with E-state index < -0.39 is 0 Å². The third-order valence-electron chi connectivity index (χ3n) is 4.18. The third-order valence-corrected chi connectivity index (χ3v) is 4.62. The van der Waals surface area contributed by atoms with Crippen molar-refractivity contribution < 1.29 is 4.79 Å². The van der Waals surface area contributed by atoms with Gasteiger partial charge in [0.05, 0.1) is 6.20 Å². The fraction of sp³-hybridized carbons (Fsp3) is 0.438. The van der Waals surface area contributed by atoms with Gasteiger partial charge in [-0.15, -0.1) is 0 Å². The summed E-state index contributed by atoms with van der Waals surface area (Å²) < 4.78 is 2.42. The van der Waals surface area contributed by atoms with Gasteiger partial charge in [0.25, 0.3) is 5.91 Å². The van der Waals surface area contributed by atoms with Crippen LogP contribution in [-0.2, 0) is 7.05 Å². The van der Waals surface area contributed by atoms with E-state index in [1.165, 1.54) is 0 Å². The highest BCUT2D eigenvalue weighted by Crippen LogP contribution is 2.27. The molecule has 8 heteroatoms. The first-order chi connectivity index (χ1) is 11.5. The van der Waals surface area contributed by atoms with Gasteiger partial charge in [-0.3, -0.25) is 9.48 Å². The van der Waals surface area contributed by atoms with Crippen LogP contribution in [0.4, 0.5) is 11.5 Å². The number of carbonyl (C=O) groups excluding carboxylic acids is 1. The molecule has 0 saturated carbocycles. The summed E-state index contributed by atoms with van der Waals surface area (Å²) in [6.07, 6.45) is 4.67. The topological polar surface area (TPSA) is 89.1 Å². The molecule has 1 fully saturated rings. The van der Waals surface area contributed by atoms with Gasteiger partial charge in [0.1, 0.15) is 16.0 Å². The quantitative estimate of drug-likeness (QED) is 0.781. The van der Waals surface area contributed by atoms with Crippen molar-refractivity contribution in [3.8, 4) is 0 Å². The van der Waals surface area contributed by atoms with Crippen molar-refractivity contribution in [1.29, 1.82) is 0 Å². The highest BCUT2D eigenvalue weighted by atomic mass is 79.9. The van der Waals surface area contributed by atoms with Crippen LogP contribution in [0.3, 0.4) is 0 Å². The van der Waals surface area contributed by atoms with Gasteiger partial charge in [0.2, 0.25) is 0 Å². The van der Waals surface area contributed by atoms with Crippen LogP contribution in [0.1, 0.15) is 29.8 Å². The van der Waals surface area contributed by atoms with Crippen LogP contribution in [0.2, 0.25) is 0 Å². The normalized spacial score (nSPS) is 18.3. The number of nitrogens with one attached hydrogen (secondary N) is 1. The number of hydrogen-bond donors (Lipinski definition) is 2. The maximum Gasteiger partial charge on any atom is 0.274 e. The largest absolute Gasteiger partial charge is 0.355 e. The van der Waals surface area contributed by atoms with Crippen molar-refractivity contribution in [2.75, 3.05) is 23.3 Å². The van der Waals surface area contributed by atoms with Crippen molar-refractivity contribution >= 4 is 33.3 Å². The first kappa shape index (κ1) is 16.9. The van der Waals surface area contributed by atoms with Crippen LogP contribution in [0.15, 0.2) is 29.0 Å². The lowest BCUT2D eigenvalue weighted by Crippen LogP contribution is -2.29. The molecule has 0 spiro atoms. The Kier molecular flexibility index (Phi) is 5.15. The molecule has 0 aromatic carbocycles. The summed E-state index contributed by atoms with van der Waals surface area (Å²) in [6, 6.07) is 5.49. The molecule has 24 heavy (non-hydrogen) atoms. The number of aryl methyl sites for hydroxylation is 1. The Labute approximate surface area is 149 Å². The Balaban J connectivity index is 1.81. The molecular weight excluding hydrogens is 372 g/mol. The van der Waals surface area contributed by atoms with Crippen molar-refractivity contribution in [3.05, 3.63) is 34.7 Å². The van der Waals surface area contributed by atoms with Crippen LogP contribution in [0, 0.1) is 0 Å². The number of nitrogens with two attached hydrogens (primary N) is 1. The second-order valence-corrected chi connectivity index (χ2v) is 6.80. The first-order valence-corrected chi connectivity index (χ1v) is 8.80. The highest BCUT2D eigenvalue weighted by Gasteiger charge is 2.21. The van der Waals surface area contributed by atoms with Gasteiger partial charge >= 0.3 is 0 Å². The molecule has 7 nitrogen and oxygen atoms in total. The number of halogens is 1. The van der Waals surface area contributed by atoms with Gasteiger partial charge in [-0.25, -0.2) is 4.98 Å². The Morgan fingerprint density at radius 1 is 1.38 bits per heavy atom. The van der Waals surface area contributed by atoms with E-state index in [4.69, 9.17) is 5.73 Å². The maximum absolute atomic E-state index is 12.5. The predicted octanol–water partition coefficient (Wildman–Crippen LogP) is 2.15. The van der Waals surface area contributed by atoms with Gasteiger partial charge < -0.3 is 16.0 Å². The number of rotatable bonds is 3. The van der Waals surface area contributed by atoms with E-state index in [1.807, 2.05) is 7.05 Å². The van der Waals surface area contributed by atoms with Crippen molar-refractivity contribution in [1.82, 2.24) is 14.8 Å². The summed E-state index contributed by atoms with van der Waals surface area (Å²) in [5, 5.41) is 7.23. The molecule has 1 atom stereocenters. The van der Waals surface area contributed by atoms with Gasteiger partial charge in [0.15, 0.2) is 5.82 Å². The molecule has 0 bridgehead atoms. The second-order valence-electron chi connectivity index (χ2n) is 5.98. The van der Waals surface area contributed by atoms with E-state index in [-0.39, 0.29) is 11.9 Å². The van der Waals surface area contributed by atoms with Crippen molar-refractivity contribution in [3.63, 3.8) is 0 Å². The molecule has 3 heterocycles. The minimum Gasteiger partial charge on any atom is -0.355 e. The molecule has 1 amide bonds. The fourth-order valence-electron chi connectivity index (χ4n) is 2.95. The van der Waals surface area contributed by atoms with E-state index >= 15 is 0 Å². The Morgan fingerprint density at radius 2 is 2.21 bits per heavy atom. The minimum absolute atomic E-state index is 0.243. The molecule has 0 aliphatic carbocycles. The molecule has 0 radical (unpaired) electrons. The zero-order valence-corrected chi connectivity index (χ0v) is 15.2. The van der Waals surface area contributed by atoms with Gasteiger partial charge in [0, 0.05) is 26.2 Å². The van der Waals surface area contributed by atoms with Crippen molar-refractivity contribution in [2.45, 2.75) is 25.3 Å². The monoisotopic (exact) mass is 392 g/mol. The predicted molar refractivity (Wildman–Crippen MR) is 97.1 cm³/mol. The molecule has 3 N–H and O–H groups in total. The summed E-state index contributed by atoms with van der Waals surface area (Å²) in [6.45, 7) is 1.77. The van der Waals surface area contributed by atoms with Crippen LogP contribution < -0.4 is 16.0 Å². The maximum atomic E-state index is 12.5. The summed E-state index contributed by atoms with van der Waals surface area (Å²) >= 11 is 3.28. The third kappa shape index (κ3) is 3.76.